The number of allylic oxidation sites excluding steroid dienone is 1. The molecule has 0 bridgehead atoms. The first kappa shape index (κ1) is 21.8. The summed E-state index contributed by atoms with van der Waals surface area (Å²) in [5, 5.41) is 10.2. The molecule has 0 radical (unpaired) electrons. The lowest BCUT2D eigenvalue weighted by atomic mass is 10.1. The van der Waals surface area contributed by atoms with Crippen molar-refractivity contribution >= 4 is 39.7 Å². The number of nitrogens with zero attached hydrogens (tertiary/aromatic N) is 4. The van der Waals surface area contributed by atoms with E-state index < -0.39 is 5.97 Å². The molecule has 0 aliphatic rings. The molecule has 0 spiro atoms. The highest BCUT2D eigenvalue weighted by molar-refractivity contribution is 7.17. The molecule has 3 rings (SSSR count). The standard InChI is InChI=1S/C20H23N5O3S2/c1-6-8-15-11(3)24-25(13(15)5)20-22-14(10-29-20)9-16(26)23-19-21-12(4)17(30-19)18(27)28-7-2/h6,10H,1,7-9H2,2-5H3,(H,21,23,26). The maximum absolute atomic E-state index is 12.4. The van der Waals surface area contributed by atoms with E-state index in [1.54, 1.807) is 18.5 Å². The fraction of sp³-hybridized carbons (Fsp3) is 0.350. The molecular formula is C20H23N5O3S2. The van der Waals surface area contributed by atoms with Gasteiger partial charge in [0.15, 0.2) is 5.13 Å². The average Bonchev–Trinajstić information content (AvgIpc) is 3.36. The van der Waals surface area contributed by atoms with Crippen LogP contribution in [0.25, 0.3) is 5.13 Å². The lowest BCUT2D eigenvalue weighted by Gasteiger charge is -2.01. The quantitative estimate of drug-likeness (QED) is 0.418. The van der Waals surface area contributed by atoms with Gasteiger partial charge in [0, 0.05) is 16.6 Å². The molecule has 0 aromatic carbocycles. The van der Waals surface area contributed by atoms with Crippen LogP contribution < -0.4 is 5.32 Å². The Morgan fingerprint density at radius 2 is 2.03 bits per heavy atom. The Kier molecular flexibility index (Phi) is 6.78. The first-order chi connectivity index (χ1) is 14.3. The van der Waals surface area contributed by atoms with E-state index in [0.29, 0.717) is 26.5 Å². The van der Waals surface area contributed by atoms with Gasteiger partial charge in [0.25, 0.3) is 0 Å². The molecule has 0 fully saturated rings. The highest BCUT2D eigenvalue weighted by atomic mass is 32.1. The molecule has 0 unspecified atom stereocenters. The number of hydrogen-bond acceptors (Lipinski definition) is 8. The van der Waals surface area contributed by atoms with Crippen molar-refractivity contribution in [1.82, 2.24) is 19.7 Å². The second-order valence-electron chi connectivity index (χ2n) is 6.55. The van der Waals surface area contributed by atoms with Crippen LogP contribution in [0.3, 0.4) is 0 Å². The largest absolute Gasteiger partial charge is 0.462 e. The van der Waals surface area contributed by atoms with E-state index in [2.05, 4.69) is 27.0 Å². The number of aromatic nitrogens is 4. The van der Waals surface area contributed by atoms with Gasteiger partial charge in [-0.15, -0.1) is 17.9 Å². The van der Waals surface area contributed by atoms with Crippen molar-refractivity contribution in [2.45, 2.75) is 40.5 Å². The number of carbonyl (C=O) groups is 2. The zero-order valence-electron chi connectivity index (χ0n) is 17.3. The Hall–Kier alpha value is -2.85. The molecule has 0 aliphatic heterocycles. The molecule has 10 heteroatoms. The van der Waals surface area contributed by atoms with Gasteiger partial charge in [-0.05, 0) is 34.1 Å². The molecular weight excluding hydrogens is 422 g/mol. The topological polar surface area (TPSA) is 99.0 Å². The first-order valence-corrected chi connectivity index (χ1v) is 11.1. The predicted molar refractivity (Wildman–Crippen MR) is 118 cm³/mol. The minimum Gasteiger partial charge on any atom is -0.462 e. The van der Waals surface area contributed by atoms with Gasteiger partial charge in [0.2, 0.25) is 11.0 Å². The zero-order chi connectivity index (χ0) is 21.8. The van der Waals surface area contributed by atoms with Crippen molar-refractivity contribution in [3.63, 3.8) is 0 Å². The molecule has 0 atom stereocenters. The van der Waals surface area contributed by atoms with E-state index in [4.69, 9.17) is 4.74 Å². The second kappa shape index (κ2) is 9.31. The molecule has 3 heterocycles. The number of rotatable bonds is 8. The third-order valence-corrected chi connectivity index (χ3v) is 6.27. The summed E-state index contributed by atoms with van der Waals surface area (Å²) in [6, 6.07) is 0. The summed E-state index contributed by atoms with van der Waals surface area (Å²) in [6.45, 7) is 11.5. The van der Waals surface area contributed by atoms with E-state index in [1.165, 1.54) is 11.3 Å². The van der Waals surface area contributed by atoms with Crippen molar-refractivity contribution in [2.75, 3.05) is 11.9 Å². The third kappa shape index (κ3) is 4.65. The molecule has 30 heavy (non-hydrogen) atoms. The highest BCUT2D eigenvalue weighted by Gasteiger charge is 2.19. The molecule has 0 aliphatic carbocycles. The number of anilines is 1. The lowest BCUT2D eigenvalue weighted by Crippen LogP contribution is -2.14. The molecule has 3 aromatic rings. The van der Waals surface area contributed by atoms with Gasteiger partial charge >= 0.3 is 5.97 Å². The first-order valence-electron chi connectivity index (χ1n) is 9.39. The van der Waals surface area contributed by atoms with Gasteiger partial charge in [0.05, 0.1) is 30.1 Å². The van der Waals surface area contributed by atoms with E-state index >= 15 is 0 Å². The lowest BCUT2D eigenvalue weighted by molar-refractivity contribution is -0.115. The molecule has 158 valence electrons. The van der Waals surface area contributed by atoms with Gasteiger partial charge < -0.3 is 10.1 Å². The maximum Gasteiger partial charge on any atom is 0.350 e. The van der Waals surface area contributed by atoms with Crippen LogP contribution in [0.1, 0.15) is 44.9 Å². The summed E-state index contributed by atoms with van der Waals surface area (Å²) in [4.78, 5) is 33.5. The van der Waals surface area contributed by atoms with Crippen LogP contribution in [0.2, 0.25) is 0 Å². The van der Waals surface area contributed by atoms with E-state index in [1.807, 2.05) is 25.3 Å². The summed E-state index contributed by atoms with van der Waals surface area (Å²) >= 11 is 2.53. The van der Waals surface area contributed by atoms with Crippen molar-refractivity contribution in [1.29, 1.82) is 0 Å². The highest BCUT2D eigenvalue weighted by Crippen LogP contribution is 2.24. The number of aryl methyl sites for hydroxylation is 2. The molecule has 0 saturated carbocycles. The molecule has 8 nitrogen and oxygen atoms in total. The average molecular weight is 446 g/mol. The molecule has 3 aromatic heterocycles. The number of nitrogens with one attached hydrogen (secondary N) is 1. The minimum absolute atomic E-state index is 0.0999. The van der Waals surface area contributed by atoms with Gasteiger partial charge in [-0.3, -0.25) is 4.79 Å². The van der Waals surface area contributed by atoms with Gasteiger partial charge in [-0.2, -0.15) is 5.10 Å². The third-order valence-electron chi connectivity index (χ3n) is 4.36. The van der Waals surface area contributed by atoms with E-state index in [-0.39, 0.29) is 18.9 Å². The fourth-order valence-corrected chi connectivity index (χ4v) is 4.64. The summed E-state index contributed by atoms with van der Waals surface area (Å²) in [5.41, 5.74) is 4.27. The number of amides is 1. The monoisotopic (exact) mass is 445 g/mol. The number of carbonyl (C=O) groups excluding carboxylic acids is 2. The summed E-state index contributed by atoms with van der Waals surface area (Å²) in [5.74, 6) is -0.686. The number of thiazole rings is 2. The van der Waals surface area contributed by atoms with Gasteiger partial charge in [-0.25, -0.2) is 19.4 Å². The number of hydrogen-bond donors (Lipinski definition) is 1. The van der Waals surface area contributed by atoms with E-state index in [9.17, 15) is 9.59 Å². The second-order valence-corrected chi connectivity index (χ2v) is 8.39. The SMILES string of the molecule is C=CCc1c(C)nn(-c2nc(CC(=O)Nc3nc(C)c(C(=O)OCC)s3)cs2)c1C. The van der Waals surface area contributed by atoms with E-state index in [0.717, 1.165) is 34.7 Å². The number of ether oxygens (including phenoxy) is 1. The van der Waals surface area contributed by atoms with Crippen LogP contribution in [0, 0.1) is 20.8 Å². The molecule has 1 amide bonds. The van der Waals surface area contributed by atoms with Crippen LogP contribution in [-0.2, 0) is 22.4 Å². The maximum atomic E-state index is 12.4. The number of esters is 1. The Morgan fingerprint density at radius 3 is 2.73 bits per heavy atom. The normalized spacial score (nSPS) is 10.8. The van der Waals surface area contributed by atoms with Crippen LogP contribution in [0.4, 0.5) is 5.13 Å². The van der Waals surface area contributed by atoms with Crippen LogP contribution >= 0.6 is 22.7 Å². The fourth-order valence-electron chi connectivity index (χ4n) is 2.94. The van der Waals surface area contributed by atoms with Crippen molar-refractivity contribution in [3.8, 4) is 5.13 Å². The Balaban J connectivity index is 1.69. The van der Waals surface area contributed by atoms with Crippen LogP contribution in [0.5, 0.6) is 0 Å². The molecule has 0 saturated heterocycles. The van der Waals surface area contributed by atoms with Gasteiger partial charge in [0.1, 0.15) is 4.88 Å². The Morgan fingerprint density at radius 1 is 1.27 bits per heavy atom. The Labute approximate surface area is 182 Å². The summed E-state index contributed by atoms with van der Waals surface area (Å²) < 4.78 is 6.80. The van der Waals surface area contributed by atoms with Crippen molar-refractivity contribution in [3.05, 3.63) is 51.3 Å². The van der Waals surface area contributed by atoms with Crippen LogP contribution in [-0.4, -0.2) is 38.2 Å². The predicted octanol–water partition coefficient (Wildman–Crippen LogP) is 3.80. The summed E-state index contributed by atoms with van der Waals surface area (Å²) in [6.07, 6.45) is 2.70. The smallest absolute Gasteiger partial charge is 0.350 e. The van der Waals surface area contributed by atoms with Crippen molar-refractivity contribution < 1.29 is 14.3 Å². The van der Waals surface area contributed by atoms with Crippen LogP contribution in [0.15, 0.2) is 18.0 Å². The summed E-state index contributed by atoms with van der Waals surface area (Å²) in [7, 11) is 0. The molecule has 1 N–H and O–H groups in total. The zero-order valence-corrected chi connectivity index (χ0v) is 18.9. The van der Waals surface area contributed by atoms with Gasteiger partial charge in [-0.1, -0.05) is 17.4 Å². The minimum atomic E-state index is -0.433. The van der Waals surface area contributed by atoms with Crippen molar-refractivity contribution in [2.24, 2.45) is 0 Å². The Bertz CT molecular complexity index is 1100.